The topological polar surface area (TPSA) is 38.8 Å². The van der Waals surface area contributed by atoms with Gasteiger partial charge in [-0.15, -0.1) is 0 Å². The molecule has 0 N–H and O–H groups in total. The van der Waals surface area contributed by atoms with Crippen molar-refractivity contribution in [2.75, 3.05) is 6.61 Å². The minimum absolute atomic E-state index is 0.110. The van der Waals surface area contributed by atoms with Crippen LogP contribution in [0.1, 0.15) is 73.9 Å². The fourth-order valence-electron chi connectivity index (χ4n) is 2.38. The van der Waals surface area contributed by atoms with Crippen molar-refractivity contribution in [2.24, 2.45) is 0 Å². The Hall–Kier alpha value is -1.55. The maximum atomic E-state index is 12.5. The number of carbonyl (C=O) groups is 1. The van der Waals surface area contributed by atoms with Crippen molar-refractivity contribution in [2.45, 2.75) is 79.7 Å². The molecule has 24 heavy (non-hydrogen) atoms. The Bertz CT molecular complexity index is 477. The maximum Gasteiger partial charge on any atom is 0.413 e. The van der Waals surface area contributed by atoms with Crippen molar-refractivity contribution in [3.63, 3.8) is 0 Å². The van der Waals surface area contributed by atoms with Gasteiger partial charge in [0.15, 0.2) is 0 Å². The van der Waals surface area contributed by atoms with E-state index < -0.39 is 11.3 Å². The summed E-state index contributed by atoms with van der Waals surface area (Å²) in [4.78, 5) is 14.2. The molecule has 1 aromatic rings. The van der Waals surface area contributed by atoms with Gasteiger partial charge in [-0.05, 0) is 40.2 Å². The first-order valence-electron chi connectivity index (χ1n) is 8.92. The van der Waals surface area contributed by atoms with Gasteiger partial charge in [-0.1, -0.05) is 58.0 Å². The van der Waals surface area contributed by atoms with E-state index in [-0.39, 0.29) is 12.1 Å². The molecule has 1 aromatic carbocycles. The van der Waals surface area contributed by atoms with Crippen LogP contribution in [0.2, 0.25) is 0 Å². The van der Waals surface area contributed by atoms with E-state index in [1.165, 1.54) is 0 Å². The molecular formula is C20H35NO3. The fourth-order valence-corrected chi connectivity index (χ4v) is 2.38. The molecule has 1 saturated heterocycles. The Morgan fingerprint density at radius 2 is 1.62 bits per heavy atom. The monoisotopic (exact) mass is 337 g/mol. The zero-order valence-electron chi connectivity index (χ0n) is 16.8. The van der Waals surface area contributed by atoms with E-state index in [9.17, 15) is 4.79 Å². The molecule has 1 aliphatic heterocycles. The summed E-state index contributed by atoms with van der Waals surface area (Å²) >= 11 is 0. The summed E-state index contributed by atoms with van der Waals surface area (Å²) < 4.78 is 11.3. The number of amides is 1. The van der Waals surface area contributed by atoms with Gasteiger partial charge >= 0.3 is 6.09 Å². The lowest BCUT2D eigenvalue weighted by molar-refractivity contribution is -0.0626. The lowest BCUT2D eigenvalue weighted by Crippen LogP contribution is -2.47. The highest BCUT2D eigenvalue weighted by atomic mass is 16.6. The molecule has 0 radical (unpaired) electrons. The second kappa shape index (κ2) is 9.67. The predicted octanol–water partition coefficient (Wildman–Crippen LogP) is 5.78. The van der Waals surface area contributed by atoms with Crippen molar-refractivity contribution in [1.29, 1.82) is 0 Å². The van der Waals surface area contributed by atoms with E-state index in [1.54, 1.807) is 4.90 Å². The average Bonchev–Trinajstić information content (AvgIpc) is 2.86. The van der Waals surface area contributed by atoms with E-state index in [4.69, 9.17) is 9.47 Å². The van der Waals surface area contributed by atoms with Gasteiger partial charge in [0.2, 0.25) is 0 Å². The molecule has 0 bridgehead atoms. The predicted molar refractivity (Wildman–Crippen MR) is 100.0 cm³/mol. The van der Waals surface area contributed by atoms with Crippen LogP contribution in [-0.4, -0.2) is 28.9 Å². The largest absolute Gasteiger partial charge is 0.444 e. The van der Waals surface area contributed by atoms with E-state index >= 15 is 0 Å². The number of hydrogen-bond acceptors (Lipinski definition) is 3. The van der Waals surface area contributed by atoms with Crippen LogP contribution in [0.3, 0.4) is 0 Å². The second-order valence-electron chi connectivity index (χ2n) is 6.53. The first-order valence-corrected chi connectivity index (χ1v) is 8.92. The molecular weight excluding hydrogens is 302 g/mol. The molecule has 0 spiro atoms. The normalized spacial score (nSPS) is 18.7. The van der Waals surface area contributed by atoms with Crippen molar-refractivity contribution < 1.29 is 14.3 Å². The quantitative estimate of drug-likeness (QED) is 0.651. The third-order valence-electron chi connectivity index (χ3n) is 3.26. The van der Waals surface area contributed by atoms with Gasteiger partial charge in [-0.25, -0.2) is 4.79 Å². The van der Waals surface area contributed by atoms with Crippen LogP contribution in [0.5, 0.6) is 0 Å². The van der Waals surface area contributed by atoms with E-state index in [2.05, 4.69) is 0 Å². The Kier molecular flexibility index (Phi) is 9.05. The Labute approximate surface area is 148 Å². The lowest BCUT2D eigenvalue weighted by Gasteiger charge is -2.35. The van der Waals surface area contributed by atoms with Gasteiger partial charge in [-0.2, -0.15) is 0 Å². The summed E-state index contributed by atoms with van der Waals surface area (Å²) in [5.41, 5.74) is -0.122. The van der Waals surface area contributed by atoms with Crippen molar-refractivity contribution in [3.8, 4) is 0 Å². The van der Waals surface area contributed by atoms with Crippen LogP contribution in [0.15, 0.2) is 30.3 Å². The minimum atomic E-state index is -0.664. The molecule has 1 heterocycles. The third-order valence-corrected chi connectivity index (χ3v) is 3.26. The average molecular weight is 338 g/mol. The summed E-state index contributed by atoms with van der Waals surface area (Å²) in [7, 11) is 0. The van der Waals surface area contributed by atoms with E-state index in [0.29, 0.717) is 6.61 Å². The Morgan fingerprint density at radius 3 is 2.08 bits per heavy atom. The molecule has 0 aliphatic carbocycles. The highest BCUT2D eigenvalue weighted by Gasteiger charge is 2.46. The van der Waals surface area contributed by atoms with Gasteiger partial charge < -0.3 is 9.47 Å². The minimum Gasteiger partial charge on any atom is -0.444 e. The molecule has 4 heteroatoms. The van der Waals surface area contributed by atoms with Crippen LogP contribution in [0, 0.1) is 0 Å². The smallest absolute Gasteiger partial charge is 0.413 e. The van der Waals surface area contributed by atoms with Crippen molar-refractivity contribution in [3.05, 3.63) is 35.9 Å². The summed E-state index contributed by atoms with van der Waals surface area (Å²) in [5, 5.41) is 0. The number of hydrogen-bond donors (Lipinski definition) is 0. The summed E-state index contributed by atoms with van der Waals surface area (Å²) in [6.07, 6.45) is -0.339. The van der Waals surface area contributed by atoms with Gasteiger partial charge in [-0.3, -0.25) is 4.90 Å². The molecule has 4 nitrogen and oxygen atoms in total. The lowest BCUT2D eigenvalue weighted by atomic mass is 10.1. The summed E-state index contributed by atoms with van der Waals surface area (Å²) in [6, 6.07) is 9.80. The molecule has 0 aromatic heterocycles. The number of rotatable bonds is 1. The number of nitrogens with zero attached hydrogens (tertiary/aromatic N) is 1. The zero-order chi connectivity index (χ0) is 19.0. The molecule has 1 unspecified atom stereocenters. The van der Waals surface area contributed by atoms with Crippen LogP contribution in [0.4, 0.5) is 4.79 Å². The molecule has 1 amide bonds. The molecule has 1 aliphatic rings. The van der Waals surface area contributed by atoms with Crippen LogP contribution in [-0.2, 0) is 9.47 Å². The summed E-state index contributed by atoms with van der Waals surface area (Å²) in [6.45, 7) is 17.9. The van der Waals surface area contributed by atoms with Crippen molar-refractivity contribution in [1.82, 2.24) is 4.90 Å². The second-order valence-corrected chi connectivity index (χ2v) is 6.53. The van der Waals surface area contributed by atoms with Crippen molar-refractivity contribution >= 4 is 6.09 Å². The number of carbonyl (C=O) groups excluding carboxylic acids is 1. The first kappa shape index (κ1) is 22.4. The zero-order valence-corrected chi connectivity index (χ0v) is 16.8. The van der Waals surface area contributed by atoms with Gasteiger partial charge in [0.1, 0.15) is 11.3 Å². The number of benzene rings is 1. The van der Waals surface area contributed by atoms with E-state index in [0.717, 1.165) is 5.56 Å². The highest BCUT2D eigenvalue weighted by Crippen LogP contribution is 2.37. The SMILES string of the molecule is CC.CC.CC(C)(C)OC(=O)N1C(c2ccccc2)COC1(C)C. The molecule has 1 fully saturated rings. The standard InChI is InChI=1S/C16H23NO3.2C2H6/c1-15(2,3)20-14(18)17-13(11-19-16(17,4)5)12-9-7-6-8-10-12;2*1-2/h6-10,13H,11H2,1-5H3;2*1-2H3. The molecule has 138 valence electrons. The molecule has 0 saturated carbocycles. The first-order chi connectivity index (χ1) is 11.2. The van der Waals surface area contributed by atoms with Crippen LogP contribution >= 0.6 is 0 Å². The molecule has 1 atom stereocenters. The molecule has 2 rings (SSSR count). The fraction of sp³-hybridized carbons (Fsp3) is 0.650. The maximum absolute atomic E-state index is 12.5. The van der Waals surface area contributed by atoms with Gasteiger partial charge in [0.05, 0.1) is 12.6 Å². The highest BCUT2D eigenvalue weighted by molar-refractivity contribution is 5.70. The third kappa shape index (κ3) is 6.16. The van der Waals surface area contributed by atoms with Gasteiger partial charge in [0, 0.05) is 0 Å². The van der Waals surface area contributed by atoms with Crippen LogP contribution in [0.25, 0.3) is 0 Å². The van der Waals surface area contributed by atoms with Gasteiger partial charge in [0.25, 0.3) is 0 Å². The van der Waals surface area contributed by atoms with E-state index in [1.807, 2.05) is 92.6 Å². The Morgan fingerprint density at radius 1 is 1.12 bits per heavy atom. The Balaban J connectivity index is 0.00000123. The number of ether oxygens (including phenoxy) is 2. The van der Waals surface area contributed by atoms with Crippen LogP contribution < -0.4 is 0 Å². The summed E-state index contributed by atoms with van der Waals surface area (Å²) in [5.74, 6) is 0.